The Labute approximate surface area is 184 Å². The lowest BCUT2D eigenvalue weighted by Crippen LogP contribution is -2.50. The number of nitrogens with two attached hydrogens (primary N) is 1. The summed E-state index contributed by atoms with van der Waals surface area (Å²) in [5, 5.41) is 0. The maximum absolute atomic E-state index is 14.8. The minimum absolute atomic E-state index is 0.135. The van der Waals surface area contributed by atoms with Crippen LogP contribution in [-0.2, 0) is 28.4 Å². The van der Waals surface area contributed by atoms with Crippen molar-refractivity contribution in [3.05, 3.63) is 63.1 Å². The van der Waals surface area contributed by atoms with Crippen molar-refractivity contribution in [3.8, 4) is 0 Å². The molecule has 2 aliphatic rings. The molecular weight excluding hydrogens is 471 g/mol. The molecule has 2 aromatic rings. The van der Waals surface area contributed by atoms with E-state index >= 15 is 0 Å². The van der Waals surface area contributed by atoms with Crippen molar-refractivity contribution in [2.45, 2.75) is 44.1 Å². The number of hydrogen-bond donors (Lipinski definition) is 1. The van der Waals surface area contributed by atoms with E-state index in [0.717, 1.165) is 39.3 Å². The van der Waals surface area contributed by atoms with E-state index in [1.165, 1.54) is 18.7 Å². The predicted molar refractivity (Wildman–Crippen MR) is 118 cm³/mol. The molecule has 30 heavy (non-hydrogen) atoms. The van der Waals surface area contributed by atoms with Crippen LogP contribution in [0.5, 0.6) is 0 Å². The Balaban J connectivity index is 1.69. The van der Waals surface area contributed by atoms with Crippen LogP contribution >= 0.6 is 15.9 Å². The van der Waals surface area contributed by atoms with Crippen molar-refractivity contribution in [1.82, 2.24) is 9.29 Å². The first-order valence-electron chi connectivity index (χ1n) is 9.84. The Hall–Kier alpha value is -2.00. The highest BCUT2D eigenvalue weighted by atomic mass is 79.9. The predicted octanol–water partition coefficient (Wildman–Crippen LogP) is 3.45. The fraction of sp³-hybridized carbons (Fsp3) is 0.429. The van der Waals surface area contributed by atoms with Gasteiger partial charge in [0.05, 0.1) is 5.75 Å². The van der Waals surface area contributed by atoms with Gasteiger partial charge in [-0.15, -0.1) is 0 Å². The molecule has 9 heteroatoms. The van der Waals surface area contributed by atoms with E-state index in [4.69, 9.17) is 5.73 Å². The molecule has 1 aliphatic heterocycles. The molecule has 6 nitrogen and oxygen atoms in total. The summed E-state index contributed by atoms with van der Waals surface area (Å²) in [7, 11) is -2.32. The third kappa shape index (κ3) is 3.85. The Bertz CT molecular complexity index is 1140. The molecule has 2 atom stereocenters. The minimum Gasteiger partial charge on any atom is -0.369 e. The SMILES string of the molecule is CN1C(N)=N[C@](C)(c2cc(C[C@H]3CCCc4cc(Br)cnc43)ccc2F)CS1(=O)=O. The average Bonchev–Trinajstić information content (AvgIpc) is 2.67. The van der Waals surface area contributed by atoms with Crippen LogP contribution in [0.25, 0.3) is 0 Å². The van der Waals surface area contributed by atoms with Gasteiger partial charge in [0.1, 0.15) is 11.4 Å². The summed E-state index contributed by atoms with van der Waals surface area (Å²) < 4.78 is 41.7. The summed E-state index contributed by atoms with van der Waals surface area (Å²) in [4.78, 5) is 8.97. The topological polar surface area (TPSA) is 88.7 Å². The standard InChI is InChI=1S/C21H24BrFN4O2S/c1-21(12-30(28,29)27(2)20(24)26-21)17-9-13(6-7-18(17)23)8-14-4-3-5-15-10-16(22)11-25-19(14)15/h6-7,9-11,14H,3-5,8,12H2,1-2H3,(H2,24,26)/t14-,21+/m1/s1. The quantitative estimate of drug-likeness (QED) is 0.707. The van der Waals surface area contributed by atoms with Crippen LogP contribution in [0.4, 0.5) is 4.39 Å². The Morgan fingerprint density at radius 1 is 1.37 bits per heavy atom. The molecule has 1 aromatic carbocycles. The van der Waals surface area contributed by atoms with Gasteiger partial charge in [0.2, 0.25) is 16.0 Å². The van der Waals surface area contributed by atoms with Crippen LogP contribution in [0.1, 0.15) is 48.1 Å². The fourth-order valence-electron chi connectivity index (χ4n) is 4.42. The van der Waals surface area contributed by atoms with Crippen LogP contribution in [0, 0.1) is 5.82 Å². The zero-order chi connectivity index (χ0) is 21.7. The summed E-state index contributed by atoms with van der Waals surface area (Å²) in [6.45, 7) is 1.61. The second-order valence-electron chi connectivity index (χ2n) is 8.27. The number of sulfonamides is 1. The third-order valence-electron chi connectivity index (χ3n) is 6.01. The largest absolute Gasteiger partial charge is 0.369 e. The lowest BCUT2D eigenvalue weighted by atomic mass is 9.82. The smallest absolute Gasteiger partial charge is 0.239 e. The number of aromatic nitrogens is 1. The molecule has 0 unspecified atom stereocenters. The molecule has 4 rings (SSSR count). The molecule has 0 saturated carbocycles. The molecule has 1 aliphatic carbocycles. The summed E-state index contributed by atoms with van der Waals surface area (Å²) in [5.74, 6) is -0.713. The van der Waals surface area contributed by atoms with Gasteiger partial charge in [0.25, 0.3) is 0 Å². The number of rotatable bonds is 3. The number of aliphatic imine (C=N–C) groups is 1. The highest BCUT2D eigenvalue weighted by Gasteiger charge is 2.41. The molecule has 0 spiro atoms. The lowest BCUT2D eigenvalue weighted by Gasteiger charge is -2.35. The van der Waals surface area contributed by atoms with Crippen LogP contribution < -0.4 is 5.73 Å². The molecule has 0 fully saturated rings. The van der Waals surface area contributed by atoms with Gasteiger partial charge in [0, 0.05) is 34.9 Å². The highest BCUT2D eigenvalue weighted by molar-refractivity contribution is 9.10. The fourth-order valence-corrected chi connectivity index (χ4v) is 6.25. The first-order chi connectivity index (χ1) is 14.1. The number of benzene rings is 1. The number of nitrogens with zero attached hydrogens (tertiary/aromatic N) is 3. The first-order valence-corrected chi connectivity index (χ1v) is 12.2. The van der Waals surface area contributed by atoms with Gasteiger partial charge < -0.3 is 5.73 Å². The van der Waals surface area contributed by atoms with Gasteiger partial charge >= 0.3 is 0 Å². The van der Waals surface area contributed by atoms with E-state index in [1.54, 1.807) is 19.1 Å². The molecule has 0 amide bonds. The Kier molecular flexibility index (Phi) is 5.38. The van der Waals surface area contributed by atoms with Crippen molar-refractivity contribution in [2.24, 2.45) is 10.7 Å². The van der Waals surface area contributed by atoms with Crippen LogP contribution in [0.15, 0.2) is 39.9 Å². The molecular formula is C21H24BrFN4O2S. The number of halogens is 2. The molecule has 2 heterocycles. The van der Waals surface area contributed by atoms with Gasteiger partial charge in [-0.2, -0.15) is 0 Å². The zero-order valence-electron chi connectivity index (χ0n) is 16.9. The Morgan fingerprint density at radius 2 is 2.13 bits per heavy atom. The van der Waals surface area contributed by atoms with Gasteiger partial charge in [-0.3, -0.25) is 4.98 Å². The minimum atomic E-state index is -3.67. The van der Waals surface area contributed by atoms with Crippen molar-refractivity contribution < 1.29 is 12.8 Å². The molecule has 0 radical (unpaired) electrons. The number of guanidine groups is 1. The van der Waals surface area contributed by atoms with Gasteiger partial charge in [-0.25, -0.2) is 22.1 Å². The highest BCUT2D eigenvalue weighted by Crippen LogP contribution is 2.37. The van der Waals surface area contributed by atoms with Gasteiger partial charge in [-0.05, 0) is 71.8 Å². The molecule has 1 aromatic heterocycles. The van der Waals surface area contributed by atoms with Crippen LogP contribution in [0.3, 0.4) is 0 Å². The second kappa shape index (κ2) is 7.60. The van der Waals surface area contributed by atoms with E-state index in [1.807, 2.05) is 6.20 Å². The molecule has 0 saturated heterocycles. The molecule has 160 valence electrons. The molecule has 2 N–H and O–H groups in total. The van der Waals surface area contributed by atoms with E-state index in [9.17, 15) is 12.8 Å². The van der Waals surface area contributed by atoms with Crippen molar-refractivity contribution in [1.29, 1.82) is 0 Å². The van der Waals surface area contributed by atoms with Crippen molar-refractivity contribution in [2.75, 3.05) is 12.8 Å². The van der Waals surface area contributed by atoms with E-state index in [2.05, 4.69) is 32.0 Å². The van der Waals surface area contributed by atoms with E-state index < -0.39 is 21.4 Å². The summed E-state index contributed by atoms with van der Waals surface area (Å²) in [6.07, 6.45) is 5.61. The summed E-state index contributed by atoms with van der Waals surface area (Å²) in [6, 6.07) is 7.00. The average molecular weight is 495 g/mol. The van der Waals surface area contributed by atoms with Gasteiger partial charge in [-0.1, -0.05) is 12.1 Å². The monoisotopic (exact) mass is 494 g/mol. The van der Waals surface area contributed by atoms with Crippen molar-refractivity contribution in [3.63, 3.8) is 0 Å². The summed E-state index contributed by atoms with van der Waals surface area (Å²) in [5.41, 5.74) is 8.07. The zero-order valence-corrected chi connectivity index (χ0v) is 19.3. The number of fused-ring (bicyclic) bond motifs is 1. The Morgan fingerprint density at radius 3 is 2.87 bits per heavy atom. The number of aryl methyl sites for hydroxylation is 1. The van der Waals surface area contributed by atoms with Crippen molar-refractivity contribution >= 4 is 31.9 Å². The lowest BCUT2D eigenvalue weighted by molar-refractivity contribution is 0.456. The number of pyridine rings is 1. The maximum atomic E-state index is 14.8. The van der Waals surface area contributed by atoms with Gasteiger partial charge in [0.15, 0.2) is 0 Å². The van der Waals surface area contributed by atoms with E-state index in [0.29, 0.717) is 6.42 Å². The van der Waals surface area contributed by atoms with E-state index in [-0.39, 0.29) is 23.2 Å². The van der Waals surface area contributed by atoms with Crippen LogP contribution in [-0.4, -0.2) is 36.5 Å². The first kappa shape index (κ1) is 21.2. The number of hydrogen-bond acceptors (Lipinski definition) is 5. The summed E-state index contributed by atoms with van der Waals surface area (Å²) >= 11 is 3.48. The second-order valence-corrected chi connectivity index (χ2v) is 11.2. The molecule has 0 bridgehead atoms. The maximum Gasteiger partial charge on any atom is 0.239 e. The third-order valence-corrected chi connectivity index (χ3v) is 8.39. The van der Waals surface area contributed by atoms with Crippen LogP contribution in [0.2, 0.25) is 0 Å². The normalized spacial score (nSPS) is 25.5.